The molecular formula is C24H23ClF3N9O2S. The van der Waals surface area contributed by atoms with Gasteiger partial charge in [-0.1, -0.05) is 23.4 Å². The summed E-state index contributed by atoms with van der Waals surface area (Å²) in [5, 5.41) is 12.9. The molecule has 3 N–H and O–H groups in total. The number of hydrogen-bond donors (Lipinski definition) is 2. The Bertz CT molecular complexity index is 1470. The molecule has 0 saturated carbocycles. The monoisotopic (exact) mass is 593 g/mol. The van der Waals surface area contributed by atoms with Crippen molar-refractivity contribution in [3.8, 4) is 5.82 Å². The van der Waals surface area contributed by atoms with Gasteiger partial charge in [-0.05, 0) is 25.0 Å². The first-order valence-corrected chi connectivity index (χ1v) is 13.2. The third kappa shape index (κ3) is 5.62. The zero-order valence-corrected chi connectivity index (χ0v) is 22.3. The molecule has 2 aliphatic rings. The van der Waals surface area contributed by atoms with Crippen molar-refractivity contribution in [3.05, 3.63) is 66.4 Å². The molecule has 1 saturated heterocycles. The summed E-state index contributed by atoms with van der Waals surface area (Å²) in [6.45, 7) is 2.72. The lowest BCUT2D eigenvalue weighted by molar-refractivity contribution is -0.192. The molecule has 2 aliphatic heterocycles. The van der Waals surface area contributed by atoms with Crippen LogP contribution in [-0.2, 0) is 11.3 Å². The Hall–Kier alpha value is -3.69. The summed E-state index contributed by atoms with van der Waals surface area (Å²) >= 11 is 8.06. The Balaban J connectivity index is 0.000000411. The number of carbonyl (C=O) groups is 1. The minimum absolute atomic E-state index is 0.0457. The van der Waals surface area contributed by atoms with Gasteiger partial charge < -0.3 is 15.7 Å². The zero-order chi connectivity index (χ0) is 28.5. The minimum Gasteiger partial charge on any atom is -0.475 e. The van der Waals surface area contributed by atoms with Crippen molar-refractivity contribution in [2.45, 2.75) is 41.5 Å². The molecular weight excluding hydrogens is 571 g/mol. The SMILES string of the molecule is N[C@@H]1c2ccnn2CC12CCN(c1cnc(Sc3ccnc(-n4ccnc4)c3Cl)cn1)CC2.O=C(O)C(F)(F)F. The molecule has 0 bridgehead atoms. The van der Waals surface area contributed by atoms with Crippen LogP contribution in [0.25, 0.3) is 5.82 Å². The van der Waals surface area contributed by atoms with Crippen molar-refractivity contribution in [1.29, 1.82) is 0 Å². The Labute approximate surface area is 235 Å². The molecule has 1 fully saturated rings. The van der Waals surface area contributed by atoms with Crippen molar-refractivity contribution in [3.63, 3.8) is 0 Å². The van der Waals surface area contributed by atoms with E-state index in [1.165, 1.54) is 11.8 Å². The molecule has 16 heteroatoms. The van der Waals surface area contributed by atoms with Gasteiger partial charge in [0.2, 0.25) is 0 Å². The number of carboxylic acids is 1. The Morgan fingerprint density at radius 2 is 1.88 bits per heavy atom. The molecule has 1 spiro atoms. The van der Waals surface area contributed by atoms with Crippen molar-refractivity contribution < 1.29 is 23.1 Å². The molecule has 40 heavy (non-hydrogen) atoms. The van der Waals surface area contributed by atoms with E-state index >= 15 is 0 Å². The summed E-state index contributed by atoms with van der Waals surface area (Å²) in [6, 6.07) is 3.97. The molecule has 0 unspecified atom stereocenters. The fourth-order valence-corrected chi connectivity index (χ4v) is 5.87. The van der Waals surface area contributed by atoms with Crippen molar-refractivity contribution in [1.82, 2.24) is 34.3 Å². The van der Waals surface area contributed by atoms with Gasteiger partial charge in [-0.2, -0.15) is 18.3 Å². The highest BCUT2D eigenvalue weighted by molar-refractivity contribution is 7.99. The van der Waals surface area contributed by atoms with Gasteiger partial charge >= 0.3 is 12.1 Å². The summed E-state index contributed by atoms with van der Waals surface area (Å²) < 4.78 is 35.6. The van der Waals surface area contributed by atoms with E-state index in [0.29, 0.717) is 10.8 Å². The van der Waals surface area contributed by atoms with E-state index in [-0.39, 0.29) is 11.5 Å². The number of nitrogens with zero attached hydrogens (tertiary/aromatic N) is 8. The second kappa shape index (κ2) is 11.1. The quantitative estimate of drug-likeness (QED) is 0.357. The van der Waals surface area contributed by atoms with Crippen molar-refractivity contribution >= 4 is 35.1 Å². The van der Waals surface area contributed by atoms with Gasteiger partial charge in [0.15, 0.2) is 5.82 Å². The summed E-state index contributed by atoms with van der Waals surface area (Å²) in [6.07, 6.45) is 9.33. The Morgan fingerprint density at radius 3 is 2.48 bits per heavy atom. The fraction of sp³-hybridized carbons (Fsp3) is 0.333. The van der Waals surface area contributed by atoms with Crippen LogP contribution in [0.15, 0.2) is 65.6 Å². The normalized spacial score (nSPS) is 17.8. The first-order valence-electron chi connectivity index (χ1n) is 12.0. The molecule has 0 aromatic carbocycles. The number of carboxylic acid groups (broad SMARTS) is 1. The van der Waals surface area contributed by atoms with Gasteiger partial charge in [0, 0.05) is 54.7 Å². The average Bonchev–Trinajstić information content (AvgIpc) is 3.67. The largest absolute Gasteiger partial charge is 0.490 e. The zero-order valence-electron chi connectivity index (χ0n) is 20.7. The average molecular weight is 594 g/mol. The fourth-order valence-electron chi connectivity index (χ4n) is 4.80. The van der Waals surface area contributed by atoms with Gasteiger partial charge in [-0.3, -0.25) is 9.25 Å². The summed E-state index contributed by atoms with van der Waals surface area (Å²) in [5.74, 6) is -1.23. The molecule has 6 heterocycles. The maximum Gasteiger partial charge on any atom is 0.490 e. The molecule has 4 aromatic rings. The molecule has 0 aliphatic carbocycles. The highest BCUT2D eigenvalue weighted by Gasteiger charge is 2.47. The number of halogens is 4. The van der Waals surface area contributed by atoms with Gasteiger partial charge in [-0.15, -0.1) is 0 Å². The number of piperidine rings is 1. The van der Waals surface area contributed by atoms with E-state index in [1.54, 1.807) is 29.5 Å². The van der Waals surface area contributed by atoms with Crippen molar-refractivity contribution in [2.75, 3.05) is 18.0 Å². The lowest BCUT2D eigenvalue weighted by Crippen LogP contribution is -2.45. The first kappa shape index (κ1) is 27.9. The van der Waals surface area contributed by atoms with Crippen LogP contribution in [0, 0.1) is 5.41 Å². The van der Waals surface area contributed by atoms with E-state index in [4.69, 9.17) is 27.2 Å². The summed E-state index contributed by atoms with van der Waals surface area (Å²) in [4.78, 5) is 29.8. The maximum absolute atomic E-state index is 10.6. The van der Waals surface area contributed by atoms with Gasteiger partial charge in [0.25, 0.3) is 0 Å². The first-order chi connectivity index (χ1) is 19.1. The molecule has 210 valence electrons. The van der Waals surface area contributed by atoms with Crippen LogP contribution in [0.1, 0.15) is 24.6 Å². The summed E-state index contributed by atoms with van der Waals surface area (Å²) in [5.41, 5.74) is 7.84. The van der Waals surface area contributed by atoms with Gasteiger partial charge in [0.1, 0.15) is 17.2 Å². The van der Waals surface area contributed by atoms with E-state index in [9.17, 15) is 13.2 Å². The number of aliphatic carboxylic acids is 1. The number of alkyl halides is 3. The van der Waals surface area contributed by atoms with Crippen molar-refractivity contribution in [2.24, 2.45) is 11.1 Å². The van der Waals surface area contributed by atoms with Crippen LogP contribution in [0.3, 0.4) is 0 Å². The van der Waals surface area contributed by atoms with E-state index in [2.05, 4.69) is 34.6 Å². The molecule has 1 atom stereocenters. The molecule has 11 nitrogen and oxygen atoms in total. The molecule has 4 aromatic heterocycles. The van der Waals surface area contributed by atoms with E-state index < -0.39 is 12.1 Å². The standard InChI is InChI=1S/C22H22ClN9S.C2HF3O2/c23-19-16(2-5-26-21(19)31-10-7-25-14-31)33-18-12-27-17(11-28-18)30-8-3-22(4-9-30)13-32-15(20(22)24)1-6-29-32;3-2(4,5)1(6)7/h1-2,5-7,10-12,14,20H,3-4,8-9,13,24H2;(H,6,7)/t20-;/m1./s1. The lowest BCUT2D eigenvalue weighted by atomic mass is 9.73. The molecule has 0 radical (unpaired) electrons. The molecule has 0 amide bonds. The summed E-state index contributed by atoms with van der Waals surface area (Å²) in [7, 11) is 0. The van der Waals surface area contributed by atoms with Crippen LogP contribution >= 0.6 is 23.4 Å². The second-order valence-electron chi connectivity index (χ2n) is 9.28. The Kier molecular flexibility index (Phi) is 7.70. The third-order valence-corrected chi connectivity index (χ3v) is 8.40. The second-order valence-corrected chi connectivity index (χ2v) is 10.7. The molecule has 6 rings (SSSR count). The number of rotatable bonds is 4. The topological polar surface area (TPSA) is 141 Å². The number of anilines is 1. The lowest BCUT2D eigenvalue weighted by Gasteiger charge is -2.41. The van der Waals surface area contributed by atoms with Crippen LogP contribution < -0.4 is 10.6 Å². The third-order valence-electron chi connectivity index (χ3n) is 6.93. The van der Waals surface area contributed by atoms with Crippen LogP contribution in [0.5, 0.6) is 0 Å². The van der Waals surface area contributed by atoms with Crippen LogP contribution in [-0.4, -0.2) is 64.6 Å². The predicted octanol–water partition coefficient (Wildman–Crippen LogP) is 3.99. The number of hydrogen-bond acceptors (Lipinski definition) is 9. The highest BCUT2D eigenvalue weighted by Crippen LogP contribution is 2.47. The smallest absolute Gasteiger partial charge is 0.475 e. The van der Waals surface area contributed by atoms with E-state index in [0.717, 1.165) is 53.9 Å². The predicted molar refractivity (Wildman–Crippen MR) is 139 cm³/mol. The van der Waals surface area contributed by atoms with Gasteiger partial charge in [-0.25, -0.2) is 24.7 Å². The number of nitrogens with two attached hydrogens (primary N) is 1. The maximum atomic E-state index is 10.6. The number of pyridine rings is 1. The van der Waals surface area contributed by atoms with Crippen LogP contribution in [0.4, 0.5) is 19.0 Å². The van der Waals surface area contributed by atoms with Crippen LogP contribution in [0.2, 0.25) is 5.02 Å². The number of aromatic nitrogens is 7. The van der Waals surface area contributed by atoms with E-state index in [1.807, 2.05) is 30.7 Å². The highest BCUT2D eigenvalue weighted by atomic mass is 35.5. The number of imidazole rings is 1. The minimum atomic E-state index is -5.08. The Morgan fingerprint density at radius 1 is 1.12 bits per heavy atom. The van der Waals surface area contributed by atoms with Gasteiger partial charge in [0.05, 0.1) is 29.2 Å². The number of fused-ring (bicyclic) bond motifs is 1.